The van der Waals surface area contributed by atoms with Crippen molar-refractivity contribution in [2.24, 2.45) is 0 Å². The Kier molecular flexibility index (Phi) is 9.77. The Morgan fingerprint density at radius 2 is 2.00 bits per heavy atom. The Labute approximate surface area is 206 Å². The lowest BCUT2D eigenvalue weighted by atomic mass is 10.1. The van der Waals surface area contributed by atoms with Crippen LogP contribution in [-0.2, 0) is 17.9 Å². The van der Waals surface area contributed by atoms with Crippen molar-refractivity contribution in [3.63, 3.8) is 0 Å². The summed E-state index contributed by atoms with van der Waals surface area (Å²) in [4.78, 5) is 3.66. The summed E-state index contributed by atoms with van der Waals surface area (Å²) in [5.74, 6) is 7.12. The van der Waals surface area contributed by atoms with Crippen LogP contribution in [0, 0.1) is 11.8 Å². The van der Waals surface area contributed by atoms with Gasteiger partial charge in [-0.1, -0.05) is 37.0 Å². The first kappa shape index (κ1) is 25.3. The maximum Gasteiger partial charge on any atom is 0.123 e. The summed E-state index contributed by atoms with van der Waals surface area (Å²) < 4.78 is 11.4. The Morgan fingerprint density at radius 3 is 2.76 bits per heavy atom. The summed E-state index contributed by atoms with van der Waals surface area (Å²) in [6.07, 6.45) is 5.15. The summed E-state index contributed by atoms with van der Waals surface area (Å²) in [6.45, 7) is 9.52. The molecule has 0 N–H and O–H groups in total. The predicted molar refractivity (Wildman–Crippen MR) is 142 cm³/mol. The van der Waals surface area contributed by atoms with Gasteiger partial charge in [-0.05, 0) is 90.0 Å². The number of methoxy groups -OCH3 is 1. The number of nitrogens with zero attached hydrogens (tertiary/aromatic N) is 1. The van der Waals surface area contributed by atoms with Crippen molar-refractivity contribution in [2.45, 2.75) is 45.9 Å². The fraction of sp³-hybridized carbons (Fsp3) is 0.357. The fourth-order valence-electron chi connectivity index (χ4n) is 3.26. The van der Waals surface area contributed by atoms with Crippen LogP contribution < -0.4 is 4.74 Å². The molecule has 0 spiro atoms. The summed E-state index contributed by atoms with van der Waals surface area (Å²) in [5, 5.41) is 6.50. The molecule has 33 heavy (non-hydrogen) atoms. The van der Waals surface area contributed by atoms with Crippen LogP contribution in [0.4, 0.5) is 0 Å². The number of hydrogen-bond acceptors (Lipinski definition) is 5. The highest BCUT2D eigenvalue weighted by Crippen LogP contribution is 2.28. The van der Waals surface area contributed by atoms with Gasteiger partial charge < -0.3 is 9.47 Å². The molecule has 3 rings (SSSR count). The molecular formula is C28H33NO2S2. The van der Waals surface area contributed by atoms with Gasteiger partial charge in [-0.25, -0.2) is 0 Å². The van der Waals surface area contributed by atoms with E-state index < -0.39 is 5.60 Å². The van der Waals surface area contributed by atoms with E-state index in [-0.39, 0.29) is 0 Å². The van der Waals surface area contributed by atoms with Crippen molar-refractivity contribution in [3.05, 3.63) is 75.1 Å². The van der Waals surface area contributed by atoms with Crippen LogP contribution in [0.2, 0.25) is 0 Å². The molecule has 2 heterocycles. The van der Waals surface area contributed by atoms with Gasteiger partial charge in [0.15, 0.2) is 0 Å². The number of thiophene rings is 2. The molecule has 0 amide bonds. The van der Waals surface area contributed by atoms with Gasteiger partial charge in [-0.2, -0.15) is 11.3 Å². The van der Waals surface area contributed by atoms with Gasteiger partial charge in [0.1, 0.15) is 18.0 Å². The molecule has 2 aromatic heterocycles. The Hall–Kier alpha value is -2.36. The van der Waals surface area contributed by atoms with E-state index in [1.54, 1.807) is 29.8 Å². The Balaban J connectivity index is 1.54. The zero-order valence-corrected chi connectivity index (χ0v) is 21.6. The largest absolute Gasteiger partial charge is 0.488 e. The third-order valence-corrected chi connectivity index (χ3v) is 6.78. The van der Waals surface area contributed by atoms with Crippen LogP contribution in [0.3, 0.4) is 0 Å². The van der Waals surface area contributed by atoms with Gasteiger partial charge in [0, 0.05) is 25.1 Å². The van der Waals surface area contributed by atoms with Crippen LogP contribution in [0.1, 0.15) is 37.6 Å². The highest BCUT2D eigenvalue weighted by atomic mass is 32.1. The summed E-state index contributed by atoms with van der Waals surface area (Å²) in [6, 6.07) is 12.8. The Bertz CT molecular complexity index is 1070. The average Bonchev–Trinajstić information content (AvgIpc) is 3.50. The maximum absolute atomic E-state index is 6.11. The molecule has 0 aliphatic heterocycles. The van der Waals surface area contributed by atoms with Crippen molar-refractivity contribution >= 4 is 22.7 Å². The Morgan fingerprint density at radius 1 is 1.12 bits per heavy atom. The molecule has 0 saturated heterocycles. The highest BCUT2D eigenvalue weighted by Gasteiger charge is 2.10. The van der Waals surface area contributed by atoms with E-state index in [0.717, 1.165) is 31.8 Å². The fourth-order valence-corrected chi connectivity index (χ4v) is 4.73. The first-order chi connectivity index (χ1) is 16.0. The third kappa shape index (κ3) is 8.49. The molecule has 3 aromatic rings. The van der Waals surface area contributed by atoms with Crippen LogP contribution in [-0.4, -0.2) is 30.7 Å². The van der Waals surface area contributed by atoms with Crippen LogP contribution >= 0.6 is 22.7 Å². The molecule has 0 unspecified atom stereocenters. The number of rotatable bonds is 11. The van der Waals surface area contributed by atoms with Crippen molar-refractivity contribution < 1.29 is 9.47 Å². The summed E-state index contributed by atoms with van der Waals surface area (Å²) in [7, 11) is 1.68. The zero-order valence-electron chi connectivity index (χ0n) is 20.0. The first-order valence-corrected chi connectivity index (χ1v) is 13.1. The second kappa shape index (κ2) is 12.8. The molecule has 0 saturated carbocycles. The van der Waals surface area contributed by atoms with Crippen molar-refractivity contribution in [1.29, 1.82) is 0 Å². The van der Waals surface area contributed by atoms with Crippen LogP contribution in [0.5, 0.6) is 5.75 Å². The second-order valence-electron chi connectivity index (χ2n) is 8.37. The van der Waals surface area contributed by atoms with E-state index in [0.29, 0.717) is 6.61 Å². The minimum absolute atomic E-state index is 0.414. The van der Waals surface area contributed by atoms with E-state index in [2.05, 4.69) is 76.2 Å². The molecule has 5 heteroatoms. The number of benzene rings is 1. The number of ether oxygens (including phenoxy) is 2. The van der Waals surface area contributed by atoms with E-state index in [1.807, 2.05) is 26.0 Å². The van der Waals surface area contributed by atoms with Gasteiger partial charge >= 0.3 is 0 Å². The molecule has 0 radical (unpaired) electrons. The van der Waals surface area contributed by atoms with Gasteiger partial charge in [-0.3, -0.25) is 4.90 Å². The lowest BCUT2D eigenvalue weighted by molar-refractivity contribution is 0.0742. The van der Waals surface area contributed by atoms with Crippen molar-refractivity contribution in [2.75, 3.05) is 20.2 Å². The average molecular weight is 480 g/mol. The SMILES string of the molecule is CCCN(CC=CC#CC(C)(C)OC)Cc1cccc(OCc2cc(-c3ccsc3)cs2)c1. The zero-order chi connectivity index (χ0) is 23.5. The minimum atomic E-state index is -0.414. The van der Waals surface area contributed by atoms with Crippen LogP contribution in [0.15, 0.2) is 64.7 Å². The summed E-state index contributed by atoms with van der Waals surface area (Å²) >= 11 is 3.48. The van der Waals surface area contributed by atoms with E-state index >= 15 is 0 Å². The predicted octanol–water partition coefficient (Wildman–Crippen LogP) is 7.25. The molecule has 3 nitrogen and oxygen atoms in total. The molecule has 0 aliphatic rings. The lowest BCUT2D eigenvalue weighted by Crippen LogP contribution is -2.24. The number of allylic oxidation sites excluding steroid dienone is 1. The van der Waals surface area contributed by atoms with Gasteiger partial charge in [0.05, 0.1) is 0 Å². The van der Waals surface area contributed by atoms with E-state index in [9.17, 15) is 0 Å². The molecule has 0 atom stereocenters. The third-order valence-electron chi connectivity index (χ3n) is 5.18. The topological polar surface area (TPSA) is 21.7 Å². The molecule has 174 valence electrons. The van der Waals surface area contributed by atoms with E-state index in [1.165, 1.54) is 21.6 Å². The first-order valence-electron chi connectivity index (χ1n) is 11.3. The molecular weight excluding hydrogens is 446 g/mol. The molecule has 1 aromatic carbocycles. The quantitative estimate of drug-likeness (QED) is 0.270. The van der Waals surface area contributed by atoms with Gasteiger partial charge in [0.25, 0.3) is 0 Å². The summed E-state index contributed by atoms with van der Waals surface area (Å²) in [5.41, 5.74) is 3.39. The normalized spacial score (nSPS) is 11.7. The van der Waals surface area contributed by atoms with Crippen LogP contribution in [0.25, 0.3) is 11.1 Å². The van der Waals surface area contributed by atoms with Crippen molar-refractivity contribution in [1.82, 2.24) is 4.90 Å². The minimum Gasteiger partial charge on any atom is -0.488 e. The molecule has 0 aliphatic carbocycles. The second-order valence-corrected chi connectivity index (χ2v) is 10.1. The number of hydrogen-bond donors (Lipinski definition) is 0. The maximum atomic E-state index is 6.11. The van der Waals surface area contributed by atoms with Gasteiger partial charge in [0.2, 0.25) is 0 Å². The smallest absolute Gasteiger partial charge is 0.123 e. The standard InChI is InChI=1S/C28H33NO2S2/c1-5-14-29(15-8-6-7-13-28(2,3)30-4)19-23-10-9-11-26(17-23)31-20-27-18-25(22-33-27)24-12-16-32-21-24/h6,8-12,16-18,21-22H,5,14-15,19-20H2,1-4H3. The van der Waals surface area contributed by atoms with Gasteiger partial charge in [-0.15, -0.1) is 11.3 Å². The lowest BCUT2D eigenvalue weighted by Gasteiger charge is -2.20. The monoisotopic (exact) mass is 479 g/mol. The van der Waals surface area contributed by atoms with Crippen molar-refractivity contribution in [3.8, 4) is 28.7 Å². The van der Waals surface area contributed by atoms with E-state index in [4.69, 9.17) is 9.47 Å². The highest BCUT2D eigenvalue weighted by molar-refractivity contribution is 7.10. The molecule has 0 fully saturated rings. The molecule has 0 bridgehead atoms.